The molecule has 0 saturated carbocycles. The molecule has 1 aromatic heterocycles. The van der Waals surface area contributed by atoms with Gasteiger partial charge >= 0.3 is 6.18 Å². The van der Waals surface area contributed by atoms with E-state index >= 15 is 0 Å². The van der Waals surface area contributed by atoms with Gasteiger partial charge in [0.05, 0.1) is 18.2 Å². The number of hydrogen-bond donors (Lipinski definition) is 2. The topological polar surface area (TPSA) is 76.2 Å². The Morgan fingerprint density at radius 3 is 2.64 bits per heavy atom. The van der Waals surface area contributed by atoms with E-state index in [1.165, 1.54) is 7.11 Å². The van der Waals surface area contributed by atoms with Crippen molar-refractivity contribution in [1.29, 1.82) is 0 Å². The second-order valence-electron chi connectivity index (χ2n) is 7.36. The number of ether oxygens (including phenoxy) is 2. The summed E-state index contributed by atoms with van der Waals surface area (Å²) in [4.78, 5) is 12.2. The van der Waals surface area contributed by atoms with Gasteiger partial charge in [0.1, 0.15) is 18.1 Å². The Kier molecular flexibility index (Phi) is 5.96. The van der Waals surface area contributed by atoms with Gasteiger partial charge in [-0.1, -0.05) is 12.1 Å². The van der Waals surface area contributed by atoms with Gasteiger partial charge in [-0.15, -0.1) is 0 Å². The summed E-state index contributed by atoms with van der Waals surface area (Å²) in [5.74, 6) is -0.275. The van der Waals surface area contributed by atoms with E-state index in [1.54, 1.807) is 24.4 Å². The summed E-state index contributed by atoms with van der Waals surface area (Å²) in [5, 5.41) is 9.38. The lowest BCUT2D eigenvalue weighted by atomic mass is 9.84. The molecule has 0 spiro atoms. The van der Waals surface area contributed by atoms with Crippen molar-refractivity contribution < 1.29 is 36.2 Å². The lowest BCUT2D eigenvalue weighted by molar-refractivity contribution is -0.137. The number of aromatic amines is 1. The van der Waals surface area contributed by atoms with E-state index in [1.807, 2.05) is 0 Å². The first kappa shape index (κ1) is 22.6. The normalized spacial score (nSPS) is 15.8. The Hall–Kier alpha value is -3.63. The monoisotopic (exact) mass is 467 g/mol. The van der Waals surface area contributed by atoms with Gasteiger partial charge in [0, 0.05) is 29.7 Å². The molecule has 2 aromatic carbocycles. The number of hydrogen-bond acceptors (Lipinski definition) is 4. The summed E-state index contributed by atoms with van der Waals surface area (Å²) in [6.45, 7) is -0.268. The minimum absolute atomic E-state index is 0.106. The molecule has 3 aromatic rings. The Morgan fingerprint density at radius 2 is 1.94 bits per heavy atom. The maximum absolute atomic E-state index is 13.5. The standard InChI is InChI=1S/C22H18F5N3O3/c1-32-17-4-2-3-12(13-8-19(31)29-21-15(13)9-28-30-21)16(17)10-33-18-6-5-11(22(25,26)27)7-14(18)20(23)24/h2-7,9,13,20H,8,10H2,1H3,(H2,28,29,30,31). The molecule has 2 N–H and O–H groups in total. The number of carbonyl (C=O) groups excluding carboxylic acids is 1. The second-order valence-corrected chi connectivity index (χ2v) is 7.36. The van der Waals surface area contributed by atoms with E-state index in [9.17, 15) is 26.7 Å². The third kappa shape index (κ3) is 4.48. The van der Waals surface area contributed by atoms with E-state index in [0.717, 1.165) is 11.6 Å². The quantitative estimate of drug-likeness (QED) is 0.474. The maximum Gasteiger partial charge on any atom is 0.416 e. The molecule has 0 fully saturated rings. The maximum atomic E-state index is 13.5. The van der Waals surface area contributed by atoms with Gasteiger partial charge in [-0.3, -0.25) is 9.89 Å². The van der Waals surface area contributed by atoms with Crippen molar-refractivity contribution >= 4 is 11.7 Å². The lowest BCUT2D eigenvalue weighted by Gasteiger charge is -2.25. The molecule has 4 rings (SSSR count). The number of nitrogens with one attached hydrogen (secondary N) is 2. The van der Waals surface area contributed by atoms with Gasteiger partial charge in [-0.05, 0) is 29.8 Å². The number of anilines is 1. The van der Waals surface area contributed by atoms with Gasteiger partial charge in [0.25, 0.3) is 6.43 Å². The number of alkyl halides is 5. The Labute approximate surface area is 184 Å². The molecule has 1 aliphatic rings. The lowest BCUT2D eigenvalue weighted by Crippen LogP contribution is -2.24. The van der Waals surface area contributed by atoms with Crippen LogP contribution in [-0.2, 0) is 17.6 Å². The van der Waals surface area contributed by atoms with E-state index in [0.29, 0.717) is 34.8 Å². The first-order chi connectivity index (χ1) is 15.7. The van der Waals surface area contributed by atoms with Gasteiger partial charge in [-0.25, -0.2) is 8.78 Å². The Balaban J connectivity index is 1.70. The van der Waals surface area contributed by atoms with E-state index in [-0.39, 0.29) is 24.7 Å². The van der Waals surface area contributed by atoms with Crippen LogP contribution in [0, 0.1) is 0 Å². The molecule has 6 nitrogen and oxygen atoms in total. The number of carbonyl (C=O) groups is 1. The summed E-state index contributed by atoms with van der Waals surface area (Å²) in [7, 11) is 1.42. The molecule has 0 aliphatic carbocycles. The van der Waals surface area contributed by atoms with Crippen LogP contribution in [0.25, 0.3) is 0 Å². The largest absolute Gasteiger partial charge is 0.496 e. The molecule has 0 bridgehead atoms. The van der Waals surface area contributed by atoms with Crippen LogP contribution in [0.2, 0.25) is 0 Å². The molecule has 33 heavy (non-hydrogen) atoms. The minimum atomic E-state index is -4.76. The number of amides is 1. The molecule has 2 heterocycles. The zero-order valence-corrected chi connectivity index (χ0v) is 17.2. The smallest absolute Gasteiger partial charge is 0.416 e. The molecule has 1 atom stereocenters. The third-order valence-corrected chi connectivity index (χ3v) is 5.40. The van der Waals surface area contributed by atoms with Crippen LogP contribution >= 0.6 is 0 Å². The summed E-state index contributed by atoms with van der Waals surface area (Å²) < 4.78 is 76.8. The van der Waals surface area contributed by atoms with Crippen molar-refractivity contribution in [3.05, 3.63) is 70.4 Å². The van der Waals surface area contributed by atoms with Crippen molar-refractivity contribution in [1.82, 2.24) is 10.2 Å². The molecule has 1 aliphatic heterocycles. The van der Waals surface area contributed by atoms with Crippen LogP contribution in [-0.4, -0.2) is 23.2 Å². The van der Waals surface area contributed by atoms with Gasteiger partial charge in [-0.2, -0.15) is 18.3 Å². The molecule has 0 saturated heterocycles. The zero-order valence-electron chi connectivity index (χ0n) is 17.2. The average molecular weight is 467 g/mol. The van der Waals surface area contributed by atoms with Gasteiger partial charge < -0.3 is 14.8 Å². The number of methoxy groups -OCH3 is 1. The molecule has 0 radical (unpaired) electrons. The fourth-order valence-corrected chi connectivity index (χ4v) is 3.85. The fraction of sp³-hybridized carbons (Fsp3) is 0.273. The number of aromatic nitrogens is 2. The van der Waals surface area contributed by atoms with Gasteiger partial charge in [0.15, 0.2) is 5.82 Å². The average Bonchev–Trinajstić information content (AvgIpc) is 3.24. The summed E-state index contributed by atoms with van der Waals surface area (Å²) in [6, 6.07) is 7.05. The highest BCUT2D eigenvalue weighted by Crippen LogP contribution is 2.41. The van der Waals surface area contributed by atoms with E-state index in [4.69, 9.17) is 9.47 Å². The summed E-state index contributed by atoms with van der Waals surface area (Å²) in [6.07, 6.45) is -6.18. The molecule has 1 amide bonds. The molecule has 174 valence electrons. The van der Waals surface area contributed by atoms with Gasteiger partial charge in [0.2, 0.25) is 5.91 Å². The highest BCUT2D eigenvalue weighted by Gasteiger charge is 2.33. The number of benzene rings is 2. The van der Waals surface area contributed by atoms with E-state index in [2.05, 4.69) is 15.5 Å². The predicted octanol–water partition coefficient (Wildman–Crippen LogP) is 5.43. The van der Waals surface area contributed by atoms with Crippen LogP contribution in [0.4, 0.5) is 27.8 Å². The SMILES string of the molecule is COc1cccc(C2CC(=O)Nc3n[nH]cc32)c1COc1ccc(C(F)(F)F)cc1C(F)F. The van der Waals surface area contributed by atoms with Crippen LogP contribution < -0.4 is 14.8 Å². The number of halogens is 5. The Bertz CT molecular complexity index is 1180. The first-order valence-electron chi connectivity index (χ1n) is 9.80. The third-order valence-electron chi connectivity index (χ3n) is 5.40. The van der Waals surface area contributed by atoms with E-state index < -0.39 is 29.6 Å². The zero-order chi connectivity index (χ0) is 23.8. The fourth-order valence-electron chi connectivity index (χ4n) is 3.85. The van der Waals surface area contributed by atoms with Crippen LogP contribution in [0.1, 0.15) is 46.6 Å². The second kappa shape index (κ2) is 8.72. The van der Waals surface area contributed by atoms with Crippen LogP contribution in [0.5, 0.6) is 11.5 Å². The highest BCUT2D eigenvalue weighted by molar-refractivity contribution is 5.94. The number of H-pyrrole nitrogens is 1. The first-order valence-corrected chi connectivity index (χ1v) is 9.80. The molecule has 11 heteroatoms. The number of nitrogens with zero attached hydrogens (tertiary/aromatic N) is 1. The van der Waals surface area contributed by atoms with Crippen molar-refractivity contribution in [2.75, 3.05) is 12.4 Å². The molecular weight excluding hydrogens is 449 g/mol. The number of fused-ring (bicyclic) bond motifs is 1. The summed E-state index contributed by atoms with van der Waals surface area (Å²) in [5.41, 5.74) is -0.199. The van der Waals surface area contributed by atoms with Crippen LogP contribution in [0.3, 0.4) is 0 Å². The van der Waals surface area contributed by atoms with Crippen molar-refractivity contribution in [3.8, 4) is 11.5 Å². The highest BCUT2D eigenvalue weighted by atomic mass is 19.4. The predicted molar refractivity (Wildman–Crippen MR) is 107 cm³/mol. The molecule has 1 unspecified atom stereocenters. The van der Waals surface area contributed by atoms with Crippen molar-refractivity contribution in [2.45, 2.75) is 31.5 Å². The van der Waals surface area contributed by atoms with Crippen LogP contribution in [0.15, 0.2) is 42.6 Å². The van der Waals surface area contributed by atoms with Crippen molar-refractivity contribution in [3.63, 3.8) is 0 Å². The van der Waals surface area contributed by atoms with Crippen molar-refractivity contribution in [2.24, 2.45) is 0 Å². The minimum Gasteiger partial charge on any atom is -0.496 e. The Morgan fingerprint density at radius 1 is 1.15 bits per heavy atom. The number of rotatable bonds is 6. The summed E-state index contributed by atoms with van der Waals surface area (Å²) >= 11 is 0. The molecular formula is C22H18F5N3O3.